The number of hydrogen-bond donors (Lipinski definition) is 0. The molecule has 4 nitrogen and oxygen atoms in total. The zero-order valence-electron chi connectivity index (χ0n) is 21.9. The second-order valence-corrected chi connectivity index (χ2v) is 10.8. The number of nitrogens with zero attached hydrogens (tertiary/aromatic N) is 2. The highest BCUT2D eigenvalue weighted by molar-refractivity contribution is 6.07. The lowest BCUT2D eigenvalue weighted by molar-refractivity contribution is 0.156. The first kappa shape index (κ1) is 23.9. The van der Waals surface area contributed by atoms with Crippen molar-refractivity contribution in [2.45, 2.75) is 50.0 Å². The summed E-state index contributed by atoms with van der Waals surface area (Å²) in [6.07, 6.45) is 3.69. The van der Waals surface area contributed by atoms with Crippen LogP contribution in [0.4, 0.5) is 0 Å². The van der Waals surface area contributed by atoms with Gasteiger partial charge in [-0.05, 0) is 35.1 Å². The van der Waals surface area contributed by atoms with Gasteiger partial charge in [-0.3, -0.25) is 0 Å². The summed E-state index contributed by atoms with van der Waals surface area (Å²) < 4.78 is 13.8. The number of hydrogen-bond acceptors (Lipinski definition) is 4. The summed E-state index contributed by atoms with van der Waals surface area (Å²) in [5.74, 6) is 1.56. The van der Waals surface area contributed by atoms with E-state index in [0.29, 0.717) is 0 Å². The lowest BCUT2D eigenvalue weighted by Gasteiger charge is -2.29. The first-order chi connectivity index (χ1) is 19.3. The van der Waals surface area contributed by atoms with Gasteiger partial charge >= 0.3 is 0 Å². The monoisotopic (exact) mass is 512 g/mol. The van der Waals surface area contributed by atoms with E-state index in [2.05, 4.69) is 109 Å². The van der Waals surface area contributed by atoms with E-state index in [1.165, 1.54) is 0 Å². The number of rotatable bonds is 6. The van der Waals surface area contributed by atoms with Gasteiger partial charge in [0.25, 0.3) is 0 Å². The lowest BCUT2D eigenvalue weighted by Crippen LogP contribution is -2.38. The Bertz CT molecular complexity index is 1350. The molecule has 7 rings (SSSR count). The highest BCUT2D eigenvalue weighted by Gasteiger charge is 2.54. The van der Waals surface area contributed by atoms with E-state index in [9.17, 15) is 0 Å². The number of benzene rings is 4. The molecule has 4 aromatic carbocycles. The Hall–Kier alpha value is -4.18. The molecule has 3 aliphatic rings. The minimum absolute atomic E-state index is 0.113. The first-order valence-corrected chi connectivity index (χ1v) is 14.0. The average molecular weight is 513 g/mol. The molecule has 4 atom stereocenters. The number of ether oxygens (including phenoxy) is 2. The quantitative estimate of drug-likeness (QED) is 0.260. The standard InChI is InChI=1S/C35H32N2O2/c1-5-15-25(16-6-1)29-31(27-19-9-3-10-20-27)38-33(36-29)35(23-13-14-24-35)34-37-30(26-17-7-2-8-18-26)32(39-34)28-21-11-4-12-22-28/h1-12,15-22,29-32H,13-14,23-24H2. The maximum atomic E-state index is 6.89. The molecule has 2 aliphatic heterocycles. The Labute approximate surface area is 230 Å². The Morgan fingerprint density at radius 1 is 0.462 bits per heavy atom. The van der Waals surface area contributed by atoms with Crippen LogP contribution in [0.5, 0.6) is 0 Å². The van der Waals surface area contributed by atoms with Gasteiger partial charge in [0.1, 0.15) is 17.5 Å². The van der Waals surface area contributed by atoms with Crippen molar-refractivity contribution < 1.29 is 9.47 Å². The van der Waals surface area contributed by atoms with Crippen molar-refractivity contribution in [3.63, 3.8) is 0 Å². The molecule has 4 heteroatoms. The first-order valence-electron chi connectivity index (χ1n) is 14.0. The van der Waals surface area contributed by atoms with Crippen LogP contribution in [0.25, 0.3) is 0 Å². The highest BCUT2D eigenvalue weighted by atomic mass is 16.5. The van der Waals surface area contributed by atoms with Crippen LogP contribution in [-0.2, 0) is 9.47 Å². The van der Waals surface area contributed by atoms with Crippen molar-refractivity contribution in [2.75, 3.05) is 0 Å². The molecule has 0 bridgehead atoms. The van der Waals surface area contributed by atoms with Gasteiger partial charge in [0, 0.05) is 0 Å². The summed E-state index contributed by atoms with van der Waals surface area (Å²) in [6, 6.07) is 41.7. The predicted octanol–water partition coefficient (Wildman–Crippen LogP) is 8.37. The van der Waals surface area contributed by atoms with E-state index in [1.54, 1.807) is 0 Å². The van der Waals surface area contributed by atoms with E-state index in [0.717, 1.165) is 59.7 Å². The van der Waals surface area contributed by atoms with Crippen molar-refractivity contribution in [3.05, 3.63) is 144 Å². The van der Waals surface area contributed by atoms with E-state index in [4.69, 9.17) is 19.5 Å². The minimum Gasteiger partial charge on any atom is -0.469 e. The van der Waals surface area contributed by atoms with Crippen molar-refractivity contribution >= 4 is 11.8 Å². The summed E-state index contributed by atoms with van der Waals surface area (Å²) in [4.78, 5) is 10.7. The molecule has 0 spiro atoms. The van der Waals surface area contributed by atoms with Crippen molar-refractivity contribution in [1.29, 1.82) is 0 Å². The van der Waals surface area contributed by atoms with Crippen LogP contribution in [0.2, 0.25) is 0 Å². The van der Waals surface area contributed by atoms with Crippen LogP contribution in [0.1, 0.15) is 72.2 Å². The molecular formula is C35H32N2O2. The van der Waals surface area contributed by atoms with Crippen LogP contribution >= 0.6 is 0 Å². The van der Waals surface area contributed by atoms with Gasteiger partial charge in [0.2, 0.25) is 11.8 Å². The molecule has 194 valence electrons. The van der Waals surface area contributed by atoms with Crippen LogP contribution < -0.4 is 0 Å². The Morgan fingerprint density at radius 3 is 1.15 bits per heavy atom. The minimum atomic E-state index is -0.451. The molecular weight excluding hydrogens is 480 g/mol. The molecule has 4 aromatic rings. The van der Waals surface area contributed by atoms with Crippen LogP contribution in [0, 0.1) is 5.41 Å². The maximum Gasteiger partial charge on any atom is 0.200 e. The van der Waals surface area contributed by atoms with Crippen molar-refractivity contribution in [3.8, 4) is 0 Å². The molecule has 0 saturated heterocycles. The smallest absolute Gasteiger partial charge is 0.200 e. The second kappa shape index (κ2) is 10.2. The molecule has 39 heavy (non-hydrogen) atoms. The van der Waals surface area contributed by atoms with Gasteiger partial charge in [-0.2, -0.15) is 0 Å². The summed E-state index contributed by atoms with van der Waals surface area (Å²) in [5.41, 5.74) is 4.14. The summed E-state index contributed by atoms with van der Waals surface area (Å²) in [7, 11) is 0. The van der Waals surface area contributed by atoms with Crippen LogP contribution in [0.15, 0.2) is 131 Å². The highest BCUT2D eigenvalue weighted by Crippen LogP contribution is 2.53. The van der Waals surface area contributed by atoms with Crippen LogP contribution in [0.3, 0.4) is 0 Å². The molecule has 0 aromatic heterocycles. The Morgan fingerprint density at radius 2 is 0.795 bits per heavy atom. The molecule has 0 radical (unpaired) electrons. The average Bonchev–Trinajstić information content (AvgIpc) is 3.78. The lowest BCUT2D eigenvalue weighted by atomic mass is 9.85. The zero-order valence-corrected chi connectivity index (χ0v) is 21.9. The molecule has 1 saturated carbocycles. The third-order valence-electron chi connectivity index (χ3n) is 8.38. The molecule has 2 heterocycles. The third-order valence-corrected chi connectivity index (χ3v) is 8.38. The topological polar surface area (TPSA) is 43.2 Å². The normalized spacial score (nSPS) is 25.4. The molecule has 0 N–H and O–H groups in total. The fourth-order valence-electron chi connectivity index (χ4n) is 6.37. The molecule has 1 fully saturated rings. The summed E-state index contributed by atoms with van der Waals surface area (Å²) >= 11 is 0. The Kier molecular flexibility index (Phi) is 6.24. The fraction of sp³-hybridized carbons (Fsp3) is 0.257. The predicted molar refractivity (Wildman–Crippen MR) is 155 cm³/mol. The zero-order chi connectivity index (χ0) is 26.1. The van der Waals surface area contributed by atoms with Gasteiger partial charge in [-0.15, -0.1) is 0 Å². The second-order valence-electron chi connectivity index (χ2n) is 10.8. The molecule has 4 unspecified atom stereocenters. The Balaban J connectivity index is 1.31. The fourth-order valence-corrected chi connectivity index (χ4v) is 6.37. The third kappa shape index (κ3) is 4.34. The number of aliphatic imine (C=N–C) groups is 2. The van der Waals surface area contributed by atoms with E-state index in [-0.39, 0.29) is 24.3 Å². The molecule has 0 amide bonds. The largest absolute Gasteiger partial charge is 0.469 e. The summed E-state index contributed by atoms with van der Waals surface area (Å²) in [5, 5.41) is 0. The maximum absolute atomic E-state index is 6.89. The van der Waals surface area contributed by atoms with Crippen molar-refractivity contribution in [1.82, 2.24) is 0 Å². The van der Waals surface area contributed by atoms with Gasteiger partial charge in [0.05, 0.1) is 0 Å². The van der Waals surface area contributed by atoms with Gasteiger partial charge in [-0.1, -0.05) is 134 Å². The van der Waals surface area contributed by atoms with Crippen LogP contribution in [-0.4, -0.2) is 11.8 Å². The van der Waals surface area contributed by atoms with E-state index in [1.807, 2.05) is 12.1 Å². The van der Waals surface area contributed by atoms with Gasteiger partial charge in [0.15, 0.2) is 12.2 Å². The van der Waals surface area contributed by atoms with Gasteiger partial charge in [-0.25, -0.2) is 9.98 Å². The summed E-state index contributed by atoms with van der Waals surface area (Å²) in [6.45, 7) is 0. The van der Waals surface area contributed by atoms with Crippen molar-refractivity contribution in [2.24, 2.45) is 15.4 Å². The molecule has 1 aliphatic carbocycles. The van der Waals surface area contributed by atoms with E-state index < -0.39 is 5.41 Å². The van der Waals surface area contributed by atoms with E-state index >= 15 is 0 Å². The van der Waals surface area contributed by atoms with Gasteiger partial charge < -0.3 is 9.47 Å². The SMILES string of the molecule is c1ccc(C2N=C(C3(C4=NC(c5ccccc5)C(c5ccccc5)O4)CCCC3)OC2c2ccccc2)cc1.